The maximum atomic E-state index is 12.8. The van der Waals surface area contributed by atoms with E-state index in [0.717, 1.165) is 5.56 Å². The normalized spacial score (nSPS) is 14.8. The summed E-state index contributed by atoms with van der Waals surface area (Å²) in [4.78, 5) is 42.8. The number of sulfonamides is 1. The molecule has 1 fully saturated rings. The summed E-state index contributed by atoms with van der Waals surface area (Å²) in [6, 6.07) is 23.3. The number of hydrogen-bond acceptors (Lipinski definition) is 8. The van der Waals surface area contributed by atoms with Crippen LogP contribution in [-0.4, -0.2) is 35.4 Å². The second-order valence-corrected chi connectivity index (χ2v) is 11.3. The molecule has 37 heavy (non-hydrogen) atoms. The minimum Gasteiger partial charge on any atom is -0.268 e. The highest BCUT2D eigenvalue weighted by Crippen LogP contribution is 2.33. The number of nitrogens with zero attached hydrogens (tertiary/aromatic N) is 2. The zero-order chi connectivity index (χ0) is 26.0. The minimum atomic E-state index is -3.90. The van der Waals surface area contributed by atoms with E-state index in [-0.39, 0.29) is 20.5 Å². The Kier molecular flexibility index (Phi) is 6.74. The van der Waals surface area contributed by atoms with Gasteiger partial charge in [-0.2, -0.15) is 0 Å². The number of rotatable bonds is 6. The molecule has 3 amide bonds. The maximum Gasteiger partial charge on any atom is 0.300 e. The number of hydrogen-bond donors (Lipinski definition) is 1. The van der Waals surface area contributed by atoms with Gasteiger partial charge in [0.15, 0.2) is 5.13 Å². The van der Waals surface area contributed by atoms with Crippen molar-refractivity contribution in [2.45, 2.75) is 4.90 Å². The largest absolute Gasteiger partial charge is 0.300 e. The zero-order valence-corrected chi connectivity index (χ0v) is 21.3. The standard InChI is InChI=1S/C26H17N3O5S3/c30-23(19-9-5-2-6-10-19)29-24(31)22(36-26(29)32)15-17-11-13-20(14-12-17)37(33,34)28-25-27-21(16-35-25)18-7-3-1-4-8-18/h1-16H,(H,27,28)/b22-15-. The molecular weight excluding hydrogens is 531 g/mol. The Balaban J connectivity index is 1.30. The molecule has 0 atom stereocenters. The van der Waals surface area contributed by atoms with Crippen LogP contribution < -0.4 is 4.72 Å². The maximum absolute atomic E-state index is 12.8. The predicted octanol–water partition coefficient (Wildman–Crippen LogP) is 5.49. The molecule has 4 aromatic rings. The van der Waals surface area contributed by atoms with Crippen LogP contribution in [-0.2, 0) is 14.8 Å². The molecule has 0 aliphatic carbocycles. The molecule has 184 valence electrons. The van der Waals surface area contributed by atoms with Crippen LogP contribution in [0.1, 0.15) is 15.9 Å². The fourth-order valence-electron chi connectivity index (χ4n) is 3.48. The first-order valence-electron chi connectivity index (χ1n) is 10.8. The molecule has 2 heterocycles. The van der Waals surface area contributed by atoms with Gasteiger partial charge in [0.2, 0.25) is 0 Å². The van der Waals surface area contributed by atoms with Gasteiger partial charge in [0.1, 0.15) is 0 Å². The van der Waals surface area contributed by atoms with Crippen molar-refractivity contribution in [1.29, 1.82) is 0 Å². The SMILES string of the molecule is O=C1S/C(=C\c2ccc(S(=O)(=O)Nc3nc(-c4ccccc4)cs3)cc2)C(=O)N1C(=O)c1ccccc1. The van der Waals surface area contributed by atoms with Crippen LogP contribution in [0.3, 0.4) is 0 Å². The van der Waals surface area contributed by atoms with E-state index in [1.165, 1.54) is 53.8 Å². The summed E-state index contributed by atoms with van der Waals surface area (Å²) >= 11 is 1.83. The van der Waals surface area contributed by atoms with E-state index < -0.39 is 27.1 Å². The van der Waals surface area contributed by atoms with Crippen LogP contribution in [0.4, 0.5) is 9.93 Å². The van der Waals surface area contributed by atoms with Crippen LogP contribution in [0, 0.1) is 0 Å². The van der Waals surface area contributed by atoms with Crippen molar-refractivity contribution in [3.05, 3.63) is 106 Å². The van der Waals surface area contributed by atoms with Gasteiger partial charge in [-0.1, -0.05) is 60.7 Å². The van der Waals surface area contributed by atoms with Gasteiger partial charge in [0, 0.05) is 16.5 Å². The average Bonchev–Trinajstić information content (AvgIpc) is 3.48. The fourth-order valence-corrected chi connectivity index (χ4v) is 6.27. The number of imide groups is 3. The highest BCUT2D eigenvalue weighted by atomic mass is 32.2. The number of carbonyl (C=O) groups excluding carboxylic acids is 3. The summed E-state index contributed by atoms with van der Waals surface area (Å²) in [5, 5.41) is 1.32. The highest BCUT2D eigenvalue weighted by Gasteiger charge is 2.40. The van der Waals surface area contributed by atoms with E-state index in [9.17, 15) is 22.8 Å². The van der Waals surface area contributed by atoms with Crippen LogP contribution in [0.25, 0.3) is 17.3 Å². The Morgan fingerprint density at radius 2 is 1.54 bits per heavy atom. The number of thiazole rings is 1. The van der Waals surface area contributed by atoms with Gasteiger partial charge in [-0.15, -0.1) is 11.3 Å². The number of nitrogens with one attached hydrogen (secondary N) is 1. The van der Waals surface area contributed by atoms with Crippen LogP contribution in [0.5, 0.6) is 0 Å². The predicted molar refractivity (Wildman–Crippen MR) is 143 cm³/mol. The molecule has 0 radical (unpaired) electrons. The lowest BCUT2D eigenvalue weighted by atomic mass is 10.2. The number of amides is 3. The van der Waals surface area contributed by atoms with Crippen LogP contribution in [0.2, 0.25) is 0 Å². The minimum absolute atomic E-state index is 0.00784. The van der Waals surface area contributed by atoms with Gasteiger partial charge < -0.3 is 0 Å². The van der Waals surface area contributed by atoms with E-state index in [2.05, 4.69) is 9.71 Å². The summed E-state index contributed by atoms with van der Waals surface area (Å²) < 4.78 is 28.2. The van der Waals surface area contributed by atoms with Gasteiger partial charge >= 0.3 is 5.24 Å². The molecule has 1 aliphatic rings. The molecule has 1 N–H and O–H groups in total. The fraction of sp³-hybridized carbons (Fsp3) is 0. The number of carbonyl (C=O) groups is 3. The second-order valence-electron chi connectivity index (χ2n) is 7.77. The summed E-state index contributed by atoms with van der Waals surface area (Å²) in [5.74, 6) is -1.42. The Morgan fingerprint density at radius 3 is 2.22 bits per heavy atom. The Bertz CT molecular complexity index is 1630. The lowest BCUT2D eigenvalue weighted by molar-refractivity contribution is -0.120. The number of benzene rings is 3. The molecule has 3 aromatic carbocycles. The van der Waals surface area contributed by atoms with Gasteiger partial charge in [0.25, 0.3) is 21.8 Å². The van der Waals surface area contributed by atoms with Crippen molar-refractivity contribution in [3.8, 4) is 11.3 Å². The molecular formula is C26H17N3O5S3. The van der Waals surface area contributed by atoms with Gasteiger partial charge in [-0.05, 0) is 47.7 Å². The molecule has 1 aliphatic heterocycles. The first-order chi connectivity index (χ1) is 17.8. The average molecular weight is 548 g/mol. The molecule has 5 rings (SSSR count). The Morgan fingerprint density at radius 1 is 0.892 bits per heavy atom. The van der Waals surface area contributed by atoms with Crippen molar-refractivity contribution in [2.75, 3.05) is 4.72 Å². The Hall–Kier alpha value is -4.06. The van der Waals surface area contributed by atoms with E-state index >= 15 is 0 Å². The quantitative estimate of drug-likeness (QED) is 0.251. The van der Waals surface area contributed by atoms with E-state index in [0.29, 0.717) is 27.9 Å². The third-order valence-electron chi connectivity index (χ3n) is 5.30. The molecule has 8 nitrogen and oxygen atoms in total. The first-order valence-corrected chi connectivity index (χ1v) is 14.0. The first kappa shape index (κ1) is 24.6. The summed E-state index contributed by atoms with van der Waals surface area (Å²) in [5.41, 5.74) is 2.27. The van der Waals surface area contributed by atoms with Crippen LogP contribution >= 0.6 is 23.1 Å². The summed E-state index contributed by atoms with van der Waals surface area (Å²) in [6.45, 7) is 0. The van der Waals surface area contributed by atoms with E-state index in [1.807, 2.05) is 30.3 Å². The van der Waals surface area contributed by atoms with E-state index in [1.54, 1.807) is 23.6 Å². The molecule has 0 spiro atoms. The monoisotopic (exact) mass is 547 g/mol. The number of thioether (sulfide) groups is 1. The summed E-state index contributed by atoms with van der Waals surface area (Å²) in [6.07, 6.45) is 1.44. The highest BCUT2D eigenvalue weighted by molar-refractivity contribution is 8.18. The van der Waals surface area contributed by atoms with Gasteiger partial charge in [0.05, 0.1) is 15.5 Å². The zero-order valence-electron chi connectivity index (χ0n) is 18.9. The smallest absolute Gasteiger partial charge is 0.268 e. The van der Waals surface area contributed by atoms with Gasteiger partial charge in [-0.25, -0.2) is 18.3 Å². The van der Waals surface area contributed by atoms with Crippen molar-refractivity contribution >= 4 is 61.4 Å². The molecule has 0 bridgehead atoms. The topological polar surface area (TPSA) is 114 Å². The molecule has 11 heteroatoms. The molecule has 0 saturated carbocycles. The molecule has 1 saturated heterocycles. The van der Waals surface area contributed by atoms with E-state index in [4.69, 9.17) is 0 Å². The van der Waals surface area contributed by atoms with Crippen molar-refractivity contribution in [3.63, 3.8) is 0 Å². The second kappa shape index (κ2) is 10.1. The van der Waals surface area contributed by atoms with Crippen molar-refractivity contribution in [2.24, 2.45) is 0 Å². The molecule has 0 unspecified atom stereocenters. The summed E-state index contributed by atoms with van der Waals surface area (Å²) in [7, 11) is -3.90. The van der Waals surface area contributed by atoms with Crippen LogP contribution in [0.15, 0.2) is 100 Å². The lowest BCUT2D eigenvalue weighted by Crippen LogP contribution is -2.34. The van der Waals surface area contributed by atoms with Gasteiger partial charge in [-0.3, -0.25) is 19.1 Å². The number of aromatic nitrogens is 1. The third-order valence-corrected chi connectivity index (χ3v) is 8.41. The van der Waals surface area contributed by atoms with Crippen molar-refractivity contribution < 1.29 is 22.8 Å². The lowest BCUT2D eigenvalue weighted by Gasteiger charge is -2.10. The number of anilines is 1. The molecule has 1 aromatic heterocycles. The Labute approximate surface area is 220 Å². The third kappa shape index (κ3) is 5.24. The van der Waals surface area contributed by atoms with Crippen molar-refractivity contribution in [1.82, 2.24) is 9.88 Å².